The van der Waals surface area contributed by atoms with E-state index in [9.17, 15) is 9.59 Å². The summed E-state index contributed by atoms with van der Waals surface area (Å²) in [6.45, 7) is 3.49. The van der Waals surface area contributed by atoms with Crippen molar-refractivity contribution in [3.05, 3.63) is 36.0 Å². The van der Waals surface area contributed by atoms with Gasteiger partial charge >= 0.3 is 0 Å². The molecule has 0 fully saturated rings. The lowest BCUT2D eigenvalue weighted by molar-refractivity contribution is -0.122. The van der Waals surface area contributed by atoms with Crippen LogP contribution < -0.4 is 15.8 Å². The molecule has 0 saturated carbocycles. The van der Waals surface area contributed by atoms with Crippen molar-refractivity contribution in [2.45, 2.75) is 24.2 Å². The van der Waals surface area contributed by atoms with E-state index in [1.165, 1.54) is 23.1 Å². The van der Waals surface area contributed by atoms with Crippen molar-refractivity contribution < 1.29 is 14.3 Å². The number of ether oxygens (including phenoxy) is 1. The second-order valence-corrected chi connectivity index (χ2v) is 6.95. The number of carbonyl (C=O) groups is 2. The van der Waals surface area contributed by atoms with Crippen LogP contribution in [-0.2, 0) is 9.59 Å². The number of carbonyl (C=O) groups excluding carboxylic acids is 2. The molecule has 1 heterocycles. The number of rotatable bonds is 7. The van der Waals surface area contributed by atoms with Crippen LogP contribution in [0.4, 0.5) is 5.13 Å². The molecule has 0 aliphatic carbocycles. The van der Waals surface area contributed by atoms with E-state index in [0.29, 0.717) is 10.9 Å². The molecule has 0 saturated heterocycles. The Morgan fingerprint density at radius 2 is 2.09 bits per heavy atom. The van der Waals surface area contributed by atoms with Crippen LogP contribution in [0.25, 0.3) is 0 Å². The third-order valence-corrected chi connectivity index (χ3v) is 5.21. The summed E-state index contributed by atoms with van der Waals surface area (Å²) in [7, 11) is 0. The molecule has 0 spiro atoms. The lowest BCUT2D eigenvalue weighted by atomic mass is 10.3. The topological polar surface area (TPSA) is 94.3 Å². The van der Waals surface area contributed by atoms with Crippen LogP contribution in [0.1, 0.15) is 12.6 Å². The SMILES string of the molecule is Cc1nc(NC(=O)C(C)Oc2ccccc2)sc1SCC(N)=O. The largest absolute Gasteiger partial charge is 0.481 e. The normalized spacial score (nSPS) is 11.7. The van der Waals surface area contributed by atoms with Gasteiger partial charge in [0.15, 0.2) is 11.2 Å². The van der Waals surface area contributed by atoms with Crippen LogP contribution in [-0.4, -0.2) is 28.7 Å². The van der Waals surface area contributed by atoms with Crippen molar-refractivity contribution in [1.82, 2.24) is 4.98 Å². The van der Waals surface area contributed by atoms with E-state index in [0.717, 1.165) is 9.90 Å². The van der Waals surface area contributed by atoms with Crippen molar-refractivity contribution >= 4 is 40.0 Å². The highest BCUT2D eigenvalue weighted by Crippen LogP contribution is 2.31. The van der Waals surface area contributed by atoms with Crippen LogP contribution in [0.15, 0.2) is 34.5 Å². The predicted octanol–water partition coefficient (Wildman–Crippen LogP) is 2.43. The maximum atomic E-state index is 12.2. The first kappa shape index (κ1) is 17.3. The average Bonchev–Trinajstić information content (AvgIpc) is 2.85. The number of thiazole rings is 1. The minimum absolute atomic E-state index is 0.184. The molecule has 1 aromatic carbocycles. The summed E-state index contributed by atoms with van der Waals surface area (Å²) in [5.41, 5.74) is 5.89. The number of aromatic nitrogens is 1. The molecule has 2 aromatic rings. The second kappa shape index (κ2) is 7.98. The Hall–Kier alpha value is -2.06. The van der Waals surface area contributed by atoms with Crippen molar-refractivity contribution in [2.75, 3.05) is 11.1 Å². The van der Waals surface area contributed by atoms with E-state index in [1.807, 2.05) is 25.1 Å². The van der Waals surface area contributed by atoms with Gasteiger partial charge in [-0.05, 0) is 26.0 Å². The lowest BCUT2D eigenvalue weighted by Gasteiger charge is -2.13. The zero-order valence-electron chi connectivity index (χ0n) is 12.7. The first-order valence-corrected chi connectivity index (χ1v) is 8.67. The fourth-order valence-corrected chi connectivity index (χ4v) is 3.55. The third-order valence-electron chi connectivity index (χ3n) is 2.75. The molecular weight excluding hydrogens is 334 g/mol. The monoisotopic (exact) mass is 351 g/mol. The Bertz CT molecular complexity index is 689. The molecule has 23 heavy (non-hydrogen) atoms. The van der Waals surface area contributed by atoms with Gasteiger partial charge in [-0.2, -0.15) is 0 Å². The van der Waals surface area contributed by atoms with Crippen LogP contribution in [0.5, 0.6) is 5.75 Å². The summed E-state index contributed by atoms with van der Waals surface area (Å²) in [5, 5.41) is 3.20. The summed E-state index contributed by atoms with van der Waals surface area (Å²) < 4.78 is 6.42. The summed E-state index contributed by atoms with van der Waals surface area (Å²) in [6, 6.07) is 9.13. The first-order valence-electron chi connectivity index (χ1n) is 6.87. The highest BCUT2D eigenvalue weighted by Gasteiger charge is 2.17. The van der Waals surface area contributed by atoms with Gasteiger partial charge < -0.3 is 10.5 Å². The van der Waals surface area contributed by atoms with E-state index in [-0.39, 0.29) is 11.7 Å². The minimum Gasteiger partial charge on any atom is -0.481 e. The Labute approximate surface area is 142 Å². The van der Waals surface area contributed by atoms with Gasteiger partial charge in [-0.1, -0.05) is 29.5 Å². The summed E-state index contributed by atoms with van der Waals surface area (Å²) in [5.74, 6) is 0.139. The number of aryl methyl sites for hydroxylation is 1. The van der Waals surface area contributed by atoms with Gasteiger partial charge in [0.25, 0.3) is 5.91 Å². The van der Waals surface area contributed by atoms with Gasteiger partial charge in [-0.15, -0.1) is 11.8 Å². The molecule has 122 valence electrons. The second-order valence-electron chi connectivity index (χ2n) is 4.71. The first-order chi connectivity index (χ1) is 11.0. The number of amides is 2. The number of hydrogen-bond acceptors (Lipinski definition) is 6. The average molecular weight is 351 g/mol. The molecule has 8 heteroatoms. The standard InChI is InChI=1S/C15H17N3O3S2/c1-9-14(22-8-12(16)19)23-15(17-9)18-13(20)10(2)21-11-6-4-3-5-7-11/h3-7,10H,8H2,1-2H3,(H2,16,19)(H,17,18,20). The number of nitrogens with one attached hydrogen (secondary N) is 1. The van der Waals surface area contributed by atoms with Crippen LogP contribution >= 0.6 is 23.1 Å². The molecule has 2 rings (SSSR count). The number of primary amides is 1. The smallest absolute Gasteiger partial charge is 0.266 e. The maximum absolute atomic E-state index is 12.2. The molecule has 0 aliphatic heterocycles. The molecule has 3 N–H and O–H groups in total. The van der Waals surface area contributed by atoms with Crippen molar-refractivity contribution in [2.24, 2.45) is 5.73 Å². The van der Waals surface area contributed by atoms with E-state index in [2.05, 4.69) is 10.3 Å². The number of hydrogen-bond donors (Lipinski definition) is 2. The van der Waals surface area contributed by atoms with E-state index < -0.39 is 12.0 Å². The molecule has 1 aromatic heterocycles. The lowest BCUT2D eigenvalue weighted by Crippen LogP contribution is -2.30. The maximum Gasteiger partial charge on any atom is 0.266 e. The number of para-hydroxylation sites is 1. The van der Waals surface area contributed by atoms with Crippen LogP contribution in [0.3, 0.4) is 0 Å². The van der Waals surface area contributed by atoms with Gasteiger partial charge in [-0.25, -0.2) is 4.98 Å². The van der Waals surface area contributed by atoms with E-state index >= 15 is 0 Å². The molecule has 6 nitrogen and oxygen atoms in total. The Morgan fingerprint density at radius 1 is 1.39 bits per heavy atom. The summed E-state index contributed by atoms with van der Waals surface area (Å²) >= 11 is 2.62. The molecule has 1 unspecified atom stereocenters. The van der Waals surface area contributed by atoms with E-state index in [4.69, 9.17) is 10.5 Å². The van der Waals surface area contributed by atoms with E-state index in [1.54, 1.807) is 19.1 Å². The van der Waals surface area contributed by atoms with Gasteiger partial charge in [-0.3, -0.25) is 14.9 Å². The minimum atomic E-state index is -0.650. The Balaban J connectivity index is 1.94. The van der Waals surface area contributed by atoms with Crippen LogP contribution in [0.2, 0.25) is 0 Å². The summed E-state index contributed by atoms with van der Waals surface area (Å²) in [4.78, 5) is 27.3. The zero-order chi connectivity index (χ0) is 16.8. The van der Waals surface area contributed by atoms with Gasteiger partial charge in [0.2, 0.25) is 5.91 Å². The molecule has 0 radical (unpaired) electrons. The predicted molar refractivity (Wildman–Crippen MR) is 91.9 cm³/mol. The number of anilines is 1. The number of nitrogens with two attached hydrogens (primary N) is 1. The Kier molecular flexibility index (Phi) is 6.00. The van der Waals surface area contributed by atoms with Gasteiger partial charge in [0, 0.05) is 0 Å². The van der Waals surface area contributed by atoms with Gasteiger partial charge in [0.1, 0.15) is 5.75 Å². The highest BCUT2D eigenvalue weighted by molar-refractivity contribution is 8.01. The molecule has 0 aliphatic rings. The van der Waals surface area contributed by atoms with Crippen molar-refractivity contribution in [3.8, 4) is 5.75 Å². The highest BCUT2D eigenvalue weighted by atomic mass is 32.2. The van der Waals surface area contributed by atoms with Crippen molar-refractivity contribution in [3.63, 3.8) is 0 Å². The molecular formula is C15H17N3O3S2. The molecule has 2 amide bonds. The Morgan fingerprint density at radius 3 is 2.74 bits per heavy atom. The fourth-order valence-electron chi connectivity index (χ4n) is 1.67. The third kappa shape index (κ3) is 5.26. The fraction of sp³-hybridized carbons (Fsp3) is 0.267. The van der Waals surface area contributed by atoms with Crippen molar-refractivity contribution in [1.29, 1.82) is 0 Å². The number of benzene rings is 1. The summed E-state index contributed by atoms with van der Waals surface area (Å²) in [6.07, 6.45) is -0.650. The van der Waals surface area contributed by atoms with Gasteiger partial charge in [0.05, 0.1) is 15.7 Å². The van der Waals surface area contributed by atoms with Crippen LogP contribution in [0, 0.1) is 6.92 Å². The molecule has 1 atom stereocenters. The quantitative estimate of drug-likeness (QED) is 0.747. The molecule has 0 bridgehead atoms. The number of thioether (sulfide) groups is 1. The zero-order valence-corrected chi connectivity index (χ0v) is 14.4. The number of nitrogens with zero attached hydrogens (tertiary/aromatic N) is 1.